The number of halogens is 2. The van der Waals surface area contributed by atoms with Gasteiger partial charge in [-0.05, 0) is 56.8 Å². The number of rotatable bonds is 3. The third-order valence-electron chi connectivity index (χ3n) is 6.03. The molecule has 3 saturated carbocycles. The van der Waals surface area contributed by atoms with Gasteiger partial charge < -0.3 is 4.74 Å². The summed E-state index contributed by atoms with van der Waals surface area (Å²) in [5, 5.41) is -4.92. The molecular weight excluding hydrogens is 318 g/mol. The predicted octanol–water partition coefficient (Wildman–Crippen LogP) is 2.62. The Morgan fingerprint density at radius 3 is 2.50 bits per heavy atom. The first-order chi connectivity index (χ1) is 10.1. The Bertz CT molecular complexity index is 586. The lowest BCUT2D eigenvalue weighted by Crippen LogP contribution is -2.59. The summed E-state index contributed by atoms with van der Waals surface area (Å²) < 4.78 is 62.1. The molecule has 3 aliphatic carbocycles. The molecule has 0 aromatic heterocycles. The van der Waals surface area contributed by atoms with E-state index in [1.807, 2.05) is 0 Å². The van der Waals surface area contributed by atoms with E-state index >= 15 is 0 Å². The van der Waals surface area contributed by atoms with Crippen molar-refractivity contribution < 1.29 is 31.3 Å². The monoisotopic (exact) mass is 338 g/mol. The number of ether oxygens (including phenoxy) is 1. The molecule has 0 amide bonds. The maximum atomic E-state index is 13.5. The van der Waals surface area contributed by atoms with Gasteiger partial charge in [-0.25, -0.2) is 4.79 Å². The van der Waals surface area contributed by atoms with Gasteiger partial charge in [0.2, 0.25) is 0 Å². The van der Waals surface area contributed by atoms with Crippen LogP contribution in [0.15, 0.2) is 0 Å². The highest BCUT2D eigenvalue weighted by Gasteiger charge is 2.61. The van der Waals surface area contributed by atoms with Crippen LogP contribution in [0.3, 0.4) is 0 Å². The van der Waals surface area contributed by atoms with Crippen molar-refractivity contribution in [2.45, 2.75) is 56.3 Å². The van der Waals surface area contributed by atoms with Gasteiger partial charge >= 0.3 is 21.3 Å². The Balaban J connectivity index is 1.87. The van der Waals surface area contributed by atoms with Crippen molar-refractivity contribution in [3.63, 3.8) is 0 Å². The highest BCUT2D eigenvalue weighted by atomic mass is 32.2. The summed E-state index contributed by atoms with van der Waals surface area (Å²) >= 11 is 0. The highest BCUT2D eigenvalue weighted by molar-refractivity contribution is 7.87. The molecule has 8 heteroatoms. The molecule has 5 atom stereocenters. The summed E-state index contributed by atoms with van der Waals surface area (Å²) in [6.07, 6.45) is 5.60. The molecule has 0 heterocycles. The van der Waals surface area contributed by atoms with Gasteiger partial charge in [-0.15, -0.1) is 0 Å². The van der Waals surface area contributed by atoms with E-state index in [1.54, 1.807) is 6.92 Å². The Morgan fingerprint density at radius 2 is 1.86 bits per heavy atom. The second-order valence-electron chi connectivity index (χ2n) is 7.12. The van der Waals surface area contributed by atoms with Crippen LogP contribution in [0.25, 0.3) is 0 Å². The summed E-state index contributed by atoms with van der Waals surface area (Å²) in [6.45, 7) is 1.65. The van der Waals surface area contributed by atoms with Crippen LogP contribution in [0.1, 0.15) is 45.4 Å². The van der Waals surface area contributed by atoms with Gasteiger partial charge in [-0.3, -0.25) is 4.55 Å². The molecule has 3 fully saturated rings. The minimum absolute atomic E-state index is 0.0000954. The molecular formula is C14H20F2O5S. The van der Waals surface area contributed by atoms with Crippen molar-refractivity contribution >= 4 is 16.1 Å². The molecule has 0 saturated heterocycles. The van der Waals surface area contributed by atoms with E-state index in [2.05, 4.69) is 0 Å². The van der Waals surface area contributed by atoms with Crippen LogP contribution < -0.4 is 0 Å². The fraction of sp³-hybridized carbons (Fsp3) is 0.929. The van der Waals surface area contributed by atoms with E-state index in [4.69, 9.17) is 9.29 Å². The average molecular weight is 338 g/mol. The molecule has 5 unspecified atom stereocenters. The fourth-order valence-electron chi connectivity index (χ4n) is 4.86. The Labute approximate surface area is 128 Å². The summed E-state index contributed by atoms with van der Waals surface area (Å²) in [5.74, 6) is -1.30. The zero-order valence-electron chi connectivity index (χ0n) is 12.3. The number of esters is 1. The maximum Gasteiger partial charge on any atom is 0.465 e. The van der Waals surface area contributed by atoms with Crippen molar-refractivity contribution in [2.24, 2.45) is 23.7 Å². The highest BCUT2D eigenvalue weighted by Crippen LogP contribution is 2.58. The smallest absolute Gasteiger partial charge is 0.453 e. The van der Waals surface area contributed by atoms with Crippen LogP contribution >= 0.6 is 0 Å². The third kappa shape index (κ3) is 2.26. The molecule has 1 N–H and O–H groups in total. The van der Waals surface area contributed by atoms with Gasteiger partial charge in [0.15, 0.2) is 0 Å². The molecule has 126 valence electrons. The van der Waals surface area contributed by atoms with E-state index in [0.29, 0.717) is 11.8 Å². The van der Waals surface area contributed by atoms with Gasteiger partial charge in [0.25, 0.3) is 0 Å². The van der Waals surface area contributed by atoms with Crippen molar-refractivity contribution in [3.05, 3.63) is 0 Å². The Kier molecular flexibility index (Phi) is 3.56. The zero-order chi connectivity index (χ0) is 16.3. The fourth-order valence-corrected chi connectivity index (χ4v) is 5.12. The van der Waals surface area contributed by atoms with E-state index < -0.39 is 26.9 Å². The molecule has 0 aromatic rings. The maximum absolute atomic E-state index is 13.5. The normalized spacial score (nSPS) is 41.3. The first kappa shape index (κ1) is 16.1. The van der Waals surface area contributed by atoms with Crippen molar-refractivity contribution in [2.75, 3.05) is 0 Å². The lowest BCUT2D eigenvalue weighted by molar-refractivity contribution is -0.215. The van der Waals surface area contributed by atoms with Crippen LogP contribution in [0.5, 0.6) is 0 Å². The summed E-state index contributed by atoms with van der Waals surface area (Å²) in [6, 6.07) is 0. The van der Waals surface area contributed by atoms with Crippen molar-refractivity contribution in [3.8, 4) is 0 Å². The molecule has 22 heavy (non-hydrogen) atoms. The van der Waals surface area contributed by atoms with Crippen LogP contribution in [0.2, 0.25) is 0 Å². The van der Waals surface area contributed by atoms with Crippen molar-refractivity contribution in [1.82, 2.24) is 0 Å². The van der Waals surface area contributed by atoms with Gasteiger partial charge in [0, 0.05) is 5.92 Å². The van der Waals surface area contributed by atoms with Gasteiger partial charge in [-0.1, -0.05) is 6.42 Å². The summed E-state index contributed by atoms with van der Waals surface area (Å²) in [5.41, 5.74) is -1.06. The minimum Gasteiger partial charge on any atom is -0.453 e. The number of carbonyl (C=O) groups is 1. The second kappa shape index (κ2) is 4.87. The summed E-state index contributed by atoms with van der Waals surface area (Å²) in [4.78, 5) is 11.7. The quantitative estimate of drug-likeness (QED) is 0.632. The molecule has 3 rings (SSSR count). The molecule has 0 aliphatic heterocycles. The number of hydrogen-bond acceptors (Lipinski definition) is 4. The average Bonchev–Trinajstić information content (AvgIpc) is 2.36. The first-order valence-corrected chi connectivity index (χ1v) is 9.08. The molecule has 0 radical (unpaired) electrons. The number of fused-ring (bicyclic) bond motifs is 2. The first-order valence-electron chi connectivity index (χ1n) is 7.64. The van der Waals surface area contributed by atoms with Gasteiger partial charge in [0.1, 0.15) is 5.60 Å². The van der Waals surface area contributed by atoms with Gasteiger partial charge in [0.05, 0.1) is 0 Å². The lowest BCUT2D eigenvalue weighted by atomic mass is 9.51. The van der Waals surface area contributed by atoms with Crippen LogP contribution in [-0.4, -0.2) is 29.8 Å². The van der Waals surface area contributed by atoms with Crippen LogP contribution in [0, 0.1) is 23.7 Å². The number of carbonyl (C=O) groups excluding carboxylic acids is 1. The van der Waals surface area contributed by atoms with Crippen LogP contribution in [0.4, 0.5) is 8.78 Å². The molecule has 0 aromatic carbocycles. The molecule has 3 bridgehead atoms. The Morgan fingerprint density at radius 1 is 1.23 bits per heavy atom. The summed E-state index contributed by atoms with van der Waals surface area (Å²) in [7, 11) is -5.82. The molecule has 3 aliphatic rings. The topological polar surface area (TPSA) is 80.7 Å². The van der Waals surface area contributed by atoms with Crippen LogP contribution in [-0.2, 0) is 19.6 Å². The van der Waals surface area contributed by atoms with E-state index in [1.165, 1.54) is 0 Å². The van der Waals surface area contributed by atoms with Gasteiger partial charge in [-0.2, -0.15) is 17.2 Å². The minimum atomic E-state index is -5.82. The SMILES string of the molecule is CC1(OC(=O)C(F)(F)S(=O)(=O)O)C2CCC3CCC(C2)CC31. The molecule has 0 spiro atoms. The Hall–Kier alpha value is -0.760. The van der Waals surface area contributed by atoms with Crippen molar-refractivity contribution in [1.29, 1.82) is 0 Å². The zero-order valence-corrected chi connectivity index (χ0v) is 13.1. The third-order valence-corrected chi connectivity index (χ3v) is 6.84. The van der Waals surface area contributed by atoms with E-state index in [0.717, 1.165) is 38.5 Å². The predicted molar refractivity (Wildman–Crippen MR) is 72.7 cm³/mol. The lowest BCUT2D eigenvalue weighted by Gasteiger charge is -2.58. The van der Waals surface area contributed by atoms with E-state index in [-0.39, 0.29) is 11.8 Å². The molecule has 5 nitrogen and oxygen atoms in total. The second-order valence-corrected chi connectivity index (χ2v) is 8.58. The van der Waals surface area contributed by atoms with E-state index in [9.17, 15) is 22.0 Å². The largest absolute Gasteiger partial charge is 0.465 e. The number of alkyl halides is 2. The number of hydrogen-bond donors (Lipinski definition) is 1. The standard InChI is InChI=1S/C14H20F2O5S/c1-13(21-12(17)14(15,16)22(18,19)20)10-5-4-9-3-2-8(6-10)7-11(9)13/h8-11H,2-7H2,1H3,(H,18,19,20).